The summed E-state index contributed by atoms with van der Waals surface area (Å²) in [6.07, 6.45) is 29.5. The van der Waals surface area contributed by atoms with E-state index in [4.69, 9.17) is 0 Å². The molecule has 36 heavy (non-hydrogen) atoms. The van der Waals surface area contributed by atoms with Gasteiger partial charge in [-0.1, -0.05) is 117 Å². The van der Waals surface area contributed by atoms with Crippen molar-refractivity contribution in [3.8, 4) is 0 Å². The molecule has 0 amide bonds. The number of unbranched alkanes of at least 4 members (excludes halogenated alkanes) is 19. The highest BCUT2D eigenvalue weighted by Crippen LogP contribution is 2.20. The lowest BCUT2D eigenvalue weighted by Gasteiger charge is -2.40. The Bertz CT molecular complexity index is 504. The smallest absolute Gasteiger partial charge is 0.0945 e. The lowest BCUT2D eigenvalue weighted by molar-refractivity contribution is -0.929. The zero-order valence-electron chi connectivity index (χ0n) is 24.9. The van der Waals surface area contributed by atoms with Gasteiger partial charge in [0.25, 0.3) is 0 Å². The van der Waals surface area contributed by atoms with Crippen molar-refractivity contribution < 1.29 is 17.5 Å². The summed E-state index contributed by atoms with van der Waals surface area (Å²) in [7, 11) is -4.09. The summed E-state index contributed by atoms with van der Waals surface area (Å²) in [4.78, 5) is 0. The summed E-state index contributed by atoms with van der Waals surface area (Å²) in [5.74, 6) is -0.195. The third kappa shape index (κ3) is 24.2. The molecule has 0 radical (unpaired) electrons. The summed E-state index contributed by atoms with van der Waals surface area (Å²) in [6.45, 7) is 11.6. The average Bonchev–Trinajstić information content (AvgIpc) is 2.84. The summed E-state index contributed by atoms with van der Waals surface area (Å²) < 4.78 is 34.6. The fraction of sp³-hybridized carbons (Fsp3) is 1.00. The van der Waals surface area contributed by atoms with E-state index in [0.717, 1.165) is 17.4 Å². The molecule has 0 N–H and O–H groups in total. The molecule has 0 heterocycles. The Morgan fingerprint density at radius 1 is 0.417 bits per heavy atom. The Morgan fingerprint density at radius 2 is 0.667 bits per heavy atom. The highest BCUT2D eigenvalue weighted by atomic mass is 32.2. The van der Waals surface area contributed by atoms with Crippen LogP contribution in [-0.4, -0.2) is 49.4 Å². The number of hydrogen-bond acceptors (Lipinski definition) is 3. The van der Waals surface area contributed by atoms with Gasteiger partial charge in [0.15, 0.2) is 0 Å². The summed E-state index contributed by atoms with van der Waals surface area (Å²) in [5.41, 5.74) is 0. The molecule has 0 saturated heterocycles. The van der Waals surface area contributed by atoms with Crippen molar-refractivity contribution in [2.75, 3.05) is 31.9 Å². The molecule has 0 unspecified atom stereocenters. The highest BCUT2D eigenvalue weighted by Gasteiger charge is 2.26. The molecule has 0 aromatic carbocycles. The normalized spacial score (nSPS) is 12.4. The van der Waals surface area contributed by atoms with Crippen LogP contribution in [0.4, 0.5) is 0 Å². The van der Waals surface area contributed by atoms with E-state index in [0.29, 0.717) is 6.42 Å². The van der Waals surface area contributed by atoms with Crippen molar-refractivity contribution in [2.45, 2.75) is 168 Å². The van der Waals surface area contributed by atoms with E-state index in [-0.39, 0.29) is 5.75 Å². The molecule has 0 saturated carbocycles. The largest absolute Gasteiger partial charge is 0.748 e. The van der Waals surface area contributed by atoms with Gasteiger partial charge in [-0.05, 0) is 51.4 Å². The van der Waals surface area contributed by atoms with Gasteiger partial charge >= 0.3 is 0 Å². The van der Waals surface area contributed by atoms with Gasteiger partial charge in [-0.2, -0.15) is 0 Å². The molecule has 0 aromatic rings. The lowest BCUT2D eigenvalue weighted by atomic mass is 10.0. The first kappa shape index (κ1) is 35.9. The van der Waals surface area contributed by atoms with E-state index in [9.17, 15) is 13.0 Å². The van der Waals surface area contributed by atoms with Crippen molar-refractivity contribution in [2.24, 2.45) is 0 Å². The topological polar surface area (TPSA) is 57.2 Å². The van der Waals surface area contributed by atoms with Gasteiger partial charge in [0.2, 0.25) is 0 Å². The number of rotatable bonds is 29. The maximum absolute atomic E-state index is 11.2. The Morgan fingerprint density at radius 3 is 0.944 bits per heavy atom. The lowest BCUT2D eigenvalue weighted by Crippen LogP contribution is -2.51. The van der Waals surface area contributed by atoms with Crippen molar-refractivity contribution in [1.82, 2.24) is 0 Å². The quantitative estimate of drug-likeness (QED) is 0.0548. The van der Waals surface area contributed by atoms with Gasteiger partial charge in [0.1, 0.15) is 0 Å². The van der Waals surface area contributed by atoms with Crippen LogP contribution >= 0.6 is 0 Å². The van der Waals surface area contributed by atoms with Crippen LogP contribution in [0.5, 0.6) is 0 Å². The minimum absolute atomic E-state index is 0.195. The molecule has 4 nitrogen and oxygen atoms in total. The summed E-state index contributed by atoms with van der Waals surface area (Å²) in [5, 5.41) is 0. The minimum Gasteiger partial charge on any atom is -0.748 e. The fourth-order valence-corrected chi connectivity index (χ4v) is 6.17. The number of hydrogen-bond donors (Lipinski definition) is 0. The molecular weight excluding hydrogens is 466 g/mol. The molecule has 0 aliphatic rings. The fourth-order valence-electron chi connectivity index (χ4n) is 5.61. The SMILES string of the molecule is CCCCCCCCC[N+](CCCCCCCCC)(CCCCCCCCC)CCCCS(=O)(=O)[O-]. The summed E-state index contributed by atoms with van der Waals surface area (Å²) >= 11 is 0. The average molecular weight is 532 g/mol. The van der Waals surface area contributed by atoms with Gasteiger partial charge < -0.3 is 9.04 Å². The zero-order valence-corrected chi connectivity index (χ0v) is 25.7. The Labute approximate surface area is 227 Å². The van der Waals surface area contributed by atoms with E-state index in [1.807, 2.05) is 0 Å². The second-order valence-corrected chi connectivity index (χ2v) is 13.1. The van der Waals surface area contributed by atoms with Crippen LogP contribution in [0.25, 0.3) is 0 Å². The van der Waals surface area contributed by atoms with E-state index in [2.05, 4.69) is 20.8 Å². The highest BCUT2D eigenvalue weighted by molar-refractivity contribution is 7.85. The zero-order chi connectivity index (χ0) is 26.8. The van der Waals surface area contributed by atoms with Crippen molar-refractivity contribution >= 4 is 10.1 Å². The van der Waals surface area contributed by atoms with Crippen molar-refractivity contribution in [3.05, 3.63) is 0 Å². The number of nitrogens with zero attached hydrogens (tertiary/aromatic N) is 1. The van der Waals surface area contributed by atoms with E-state index < -0.39 is 10.1 Å². The molecule has 0 aliphatic carbocycles. The molecule has 0 bridgehead atoms. The van der Waals surface area contributed by atoms with Crippen LogP contribution in [0.3, 0.4) is 0 Å². The van der Waals surface area contributed by atoms with Gasteiger partial charge in [-0.3, -0.25) is 0 Å². The molecule has 0 spiro atoms. The standard InChI is InChI=1S/C31H65NO3S/c1-4-7-10-13-16-19-22-27-32(30-25-26-31-36(33,34)35,28-23-20-17-14-11-8-5-2)29-24-21-18-15-12-9-6-3/h4-31H2,1-3H3. The van der Waals surface area contributed by atoms with Crippen LogP contribution in [0.15, 0.2) is 0 Å². The first-order valence-corrected chi connectivity index (χ1v) is 17.8. The first-order valence-electron chi connectivity index (χ1n) is 16.2. The second kappa shape index (κ2) is 25.2. The van der Waals surface area contributed by atoms with Gasteiger partial charge in [-0.15, -0.1) is 0 Å². The van der Waals surface area contributed by atoms with E-state index >= 15 is 0 Å². The third-order valence-electron chi connectivity index (χ3n) is 7.98. The predicted octanol–water partition coefficient (Wildman–Crippen LogP) is 9.38. The third-order valence-corrected chi connectivity index (χ3v) is 8.77. The first-order chi connectivity index (χ1) is 17.4. The molecule has 0 rings (SSSR count). The van der Waals surface area contributed by atoms with Crippen LogP contribution in [0.1, 0.15) is 168 Å². The molecule has 218 valence electrons. The van der Waals surface area contributed by atoms with Gasteiger partial charge in [-0.25, -0.2) is 8.42 Å². The molecule has 0 atom stereocenters. The minimum atomic E-state index is -4.09. The monoisotopic (exact) mass is 531 g/mol. The van der Waals surface area contributed by atoms with Crippen LogP contribution in [0.2, 0.25) is 0 Å². The van der Waals surface area contributed by atoms with Crippen molar-refractivity contribution in [1.29, 1.82) is 0 Å². The Kier molecular flexibility index (Phi) is 25.1. The van der Waals surface area contributed by atoms with Gasteiger partial charge in [0.05, 0.1) is 36.3 Å². The molecule has 0 aliphatic heterocycles. The predicted molar refractivity (Wildman–Crippen MR) is 158 cm³/mol. The summed E-state index contributed by atoms with van der Waals surface area (Å²) in [6, 6.07) is 0. The maximum atomic E-state index is 11.2. The molecule has 0 aromatic heterocycles. The van der Waals surface area contributed by atoms with Crippen molar-refractivity contribution in [3.63, 3.8) is 0 Å². The molecular formula is C31H65NO3S. The van der Waals surface area contributed by atoms with Crippen LogP contribution < -0.4 is 0 Å². The van der Waals surface area contributed by atoms with E-state index in [1.165, 1.54) is 154 Å². The van der Waals surface area contributed by atoms with Gasteiger partial charge in [0, 0.05) is 5.75 Å². The van der Waals surface area contributed by atoms with Crippen LogP contribution in [-0.2, 0) is 10.1 Å². The van der Waals surface area contributed by atoms with Crippen LogP contribution in [0, 0.1) is 0 Å². The second-order valence-electron chi connectivity index (χ2n) is 11.6. The maximum Gasteiger partial charge on any atom is 0.0945 e. The molecule has 5 heteroatoms. The Hall–Kier alpha value is -0.130. The molecule has 0 fully saturated rings. The Balaban J connectivity index is 4.88. The van der Waals surface area contributed by atoms with E-state index in [1.54, 1.807) is 0 Å². The number of quaternary nitrogens is 1.